The highest BCUT2D eigenvalue weighted by Gasteiger charge is 2.07. The lowest BCUT2D eigenvalue weighted by Gasteiger charge is -1.96. The first-order valence-corrected chi connectivity index (χ1v) is 4.83. The molecule has 0 N–H and O–H groups in total. The molecule has 0 amide bonds. The average molecular weight is 243 g/mol. The van der Waals surface area contributed by atoms with E-state index in [9.17, 15) is 4.39 Å². The Kier molecular flexibility index (Phi) is 2.07. The molecule has 2 aromatic rings. The van der Waals surface area contributed by atoms with Gasteiger partial charge in [0.2, 0.25) is 0 Å². The minimum Gasteiger partial charge on any atom is -0.264 e. The standard InChI is InChI=1S/C9H8BrFN2/c1-2-13-8-4-3-6(11)5-7(8)9(10)12-13/h3-5H,2H2,1H3. The second kappa shape index (κ2) is 3.10. The van der Waals surface area contributed by atoms with E-state index < -0.39 is 0 Å². The average Bonchev–Trinajstić information content (AvgIpc) is 2.43. The highest BCUT2D eigenvalue weighted by Crippen LogP contribution is 2.23. The highest BCUT2D eigenvalue weighted by atomic mass is 79.9. The topological polar surface area (TPSA) is 17.8 Å². The van der Waals surface area contributed by atoms with E-state index in [1.54, 1.807) is 6.07 Å². The van der Waals surface area contributed by atoms with Gasteiger partial charge in [-0.05, 0) is 41.1 Å². The molecule has 0 saturated heterocycles. The highest BCUT2D eigenvalue weighted by molar-refractivity contribution is 9.10. The summed E-state index contributed by atoms with van der Waals surface area (Å²) in [5.74, 6) is -0.233. The van der Waals surface area contributed by atoms with Crippen molar-refractivity contribution in [1.82, 2.24) is 9.78 Å². The van der Waals surface area contributed by atoms with Gasteiger partial charge in [-0.1, -0.05) is 0 Å². The van der Waals surface area contributed by atoms with Crippen LogP contribution in [0.15, 0.2) is 22.8 Å². The largest absolute Gasteiger partial charge is 0.264 e. The first-order valence-electron chi connectivity index (χ1n) is 4.04. The smallest absolute Gasteiger partial charge is 0.136 e. The Hall–Kier alpha value is -0.900. The molecule has 0 atom stereocenters. The Morgan fingerprint density at radius 2 is 2.31 bits per heavy atom. The van der Waals surface area contributed by atoms with Crippen LogP contribution < -0.4 is 0 Å². The van der Waals surface area contributed by atoms with Gasteiger partial charge in [0, 0.05) is 11.9 Å². The lowest BCUT2D eigenvalue weighted by molar-refractivity contribution is 0.629. The molecule has 0 bridgehead atoms. The van der Waals surface area contributed by atoms with Crippen molar-refractivity contribution in [2.45, 2.75) is 13.5 Å². The molecular weight excluding hydrogens is 235 g/mol. The molecule has 1 aromatic heterocycles. The number of fused-ring (bicyclic) bond motifs is 1. The molecule has 68 valence electrons. The molecular formula is C9H8BrFN2. The minimum absolute atomic E-state index is 0.233. The number of hydrogen-bond donors (Lipinski definition) is 0. The van der Waals surface area contributed by atoms with Crippen LogP contribution in [0.25, 0.3) is 10.9 Å². The van der Waals surface area contributed by atoms with Crippen LogP contribution in [0.5, 0.6) is 0 Å². The van der Waals surface area contributed by atoms with Gasteiger partial charge in [-0.2, -0.15) is 5.10 Å². The zero-order valence-corrected chi connectivity index (χ0v) is 8.68. The maximum atomic E-state index is 12.9. The molecule has 1 aromatic carbocycles. The summed E-state index contributed by atoms with van der Waals surface area (Å²) in [4.78, 5) is 0. The molecule has 0 fully saturated rings. The van der Waals surface area contributed by atoms with Crippen molar-refractivity contribution in [1.29, 1.82) is 0 Å². The van der Waals surface area contributed by atoms with Gasteiger partial charge in [0.05, 0.1) is 5.52 Å². The SMILES string of the molecule is CCn1nc(Br)c2cc(F)ccc21. The van der Waals surface area contributed by atoms with Crippen molar-refractivity contribution in [2.24, 2.45) is 0 Å². The third kappa shape index (κ3) is 1.35. The Morgan fingerprint density at radius 1 is 1.54 bits per heavy atom. The predicted molar refractivity (Wildman–Crippen MR) is 53.1 cm³/mol. The fourth-order valence-corrected chi connectivity index (χ4v) is 1.86. The molecule has 0 aliphatic rings. The van der Waals surface area contributed by atoms with E-state index in [2.05, 4.69) is 21.0 Å². The second-order valence-electron chi connectivity index (χ2n) is 2.77. The molecule has 13 heavy (non-hydrogen) atoms. The Morgan fingerprint density at radius 3 is 3.00 bits per heavy atom. The molecule has 0 aliphatic heterocycles. The lowest BCUT2D eigenvalue weighted by Crippen LogP contribution is -1.95. The van der Waals surface area contributed by atoms with Crippen molar-refractivity contribution in [3.63, 3.8) is 0 Å². The summed E-state index contributed by atoms with van der Waals surface area (Å²) in [5, 5.41) is 5.04. The van der Waals surface area contributed by atoms with Crippen molar-refractivity contribution in [3.8, 4) is 0 Å². The Balaban J connectivity index is 2.80. The minimum atomic E-state index is -0.233. The Bertz CT molecular complexity index is 450. The van der Waals surface area contributed by atoms with Crippen LogP contribution in [-0.4, -0.2) is 9.78 Å². The van der Waals surface area contributed by atoms with E-state index in [0.29, 0.717) is 4.60 Å². The van der Waals surface area contributed by atoms with Crippen molar-refractivity contribution >= 4 is 26.8 Å². The summed E-state index contributed by atoms with van der Waals surface area (Å²) in [6.45, 7) is 2.79. The maximum absolute atomic E-state index is 12.9. The molecule has 2 nitrogen and oxygen atoms in total. The van der Waals surface area contributed by atoms with E-state index in [-0.39, 0.29) is 5.82 Å². The van der Waals surface area contributed by atoms with Crippen molar-refractivity contribution < 1.29 is 4.39 Å². The summed E-state index contributed by atoms with van der Waals surface area (Å²) in [7, 11) is 0. The van der Waals surface area contributed by atoms with Gasteiger partial charge in [-0.25, -0.2) is 4.39 Å². The molecule has 4 heteroatoms. The van der Waals surface area contributed by atoms with Crippen LogP contribution in [0.4, 0.5) is 4.39 Å². The maximum Gasteiger partial charge on any atom is 0.136 e. The number of rotatable bonds is 1. The summed E-state index contributed by atoms with van der Waals surface area (Å²) in [6.07, 6.45) is 0. The van der Waals surface area contributed by atoms with Crippen LogP contribution in [-0.2, 0) is 6.54 Å². The van der Waals surface area contributed by atoms with E-state index in [4.69, 9.17) is 0 Å². The fourth-order valence-electron chi connectivity index (χ4n) is 1.35. The van der Waals surface area contributed by atoms with Crippen LogP contribution in [0.3, 0.4) is 0 Å². The van der Waals surface area contributed by atoms with Crippen LogP contribution >= 0.6 is 15.9 Å². The van der Waals surface area contributed by atoms with E-state index in [0.717, 1.165) is 17.4 Å². The summed E-state index contributed by atoms with van der Waals surface area (Å²) in [5.41, 5.74) is 0.954. The normalized spacial score (nSPS) is 11.0. The lowest BCUT2D eigenvalue weighted by atomic mass is 10.2. The molecule has 0 unspecified atom stereocenters. The predicted octanol–water partition coefficient (Wildman–Crippen LogP) is 2.96. The zero-order valence-electron chi connectivity index (χ0n) is 7.09. The summed E-state index contributed by atoms with van der Waals surface area (Å²) in [6, 6.07) is 4.67. The summed E-state index contributed by atoms with van der Waals surface area (Å²) >= 11 is 3.29. The number of aryl methyl sites for hydroxylation is 1. The van der Waals surface area contributed by atoms with Gasteiger partial charge in [0.25, 0.3) is 0 Å². The molecule has 0 saturated carbocycles. The molecule has 0 aliphatic carbocycles. The second-order valence-corrected chi connectivity index (χ2v) is 3.52. The first kappa shape index (κ1) is 8.69. The van der Waals surface area contributed by atoms with E-state index >= 15 is 0 Å². The van der Waals surface area contributed by atoms with Crippen LogP contribution in [0, 0.1) is 5.82 Å². The molecule has 0 radical (unpaired) electrons. The van der Waals surface area contributed by atoms with Gasteiger partial charge < -0.3 is 0 Å². The first-order chi connectivity index (χ1) is 6.22. The molecule has 1 heterocycles. The van der Waals surface area contributed by atoms with Gasteiger partial charge in [-0.3, -0.25) is 4.68 Å². The quantitative estimate of drug-likeness (QED) is 0.752. The van der Waals surface area contributed by atoms with Gasteiger partial charge in [0.15, 0.2) is 0 Å². The van der Waals surface area contributed by atoms with Crippen molar-refractivity contribution in [3.05, 3.63) is 28.6 Å². The van der Waals surface area contributed by atoms with Gasteiger partial charge in [0.1, 0.15) is 10.4 Å². The number of hydrogen-bond acceptors (Lipinski definition) is 1. The fraction of sp³-hybridized carbons (Fsp3) is 0.222. The Labute approximate surface area is 83.5 Å². The number of benzene rings is 1. The monoisotopic (exact) mass is 242 g/mol. The number of nitrogens with zero attached hydrogens (tertiary/aromatic N) is 2. The third-order valence-electron chi connectivity index (χ3n) is 1.97. The molecule has 0 spiro atoms. The van der Waals surface area contributed by atoms with Crippen LogP contribution in [0.1, 0.15) is 6.92 Å². The third-order valence-corrected chi connectivity index (χ3v) is 2.55. The van der Waals surface area contributed by atoms with Gasteiger partial charge >= 0.3 is 0 Å². The zero-order chi connectivity index (χ0) is 9.42. The van der Waals surface area contributed by atoms with E-state index in [1.807, 2.05) is 11.6 Å². The van der Waals surface area contributed by atoms with Gasteiger partial charge in [-0.15, -0.1) is 0 Å². The van der Waals surface area contributed by atoms with Crippen molar-refractivity contribution in [2.75, 3.05) is 0 Å². The van der Waals surface area contributed by atoms with Crippen LogP contribution in [0.2, 0.25) is 0 Å². The van der Waals surface area contributed by atoms with E-state index in [1.165, 1.54) is 12.1 Å². The number of halogens is 2. The molecule has 2 rings (SSSR count). The number of aromatic nitrogens is 2. The summed E-state index contributed by atoms with van der Waals surface area (Å²) < 4.78 is 15.4.